The molecule has 0 unspecified atom stereocenters. The van der Waals surface area contributed by atoms with Crippen LogP contribution in [-0.2, 0) is 9.47 Å². The first kappa shape index (κ1) is 9.30. The first-order chi connectivity index (χ1) is 6.79. The van der Waals surface area contributed by atoms with Gasteiger partial charge in [0.15, 0.2) is 12.1 Å². The minimum absolute atomic E-state index is 0.0697. The summed E-state index contributed by atoms with van der Waals surface area (Å²) in [6, 6.07) is 3.58. The molecule has 0 aromatic carbocycles. The smallest absolute Gasteiger partial charge is 0.186 e. The van der Waals surface area contributed by atoms with Crippen molar-refractivity contribution in [1.29, 1.82) is 0 Å². The molecule has 14 heavy (non-hydrogen) atoms. The number of carbonyl (C=O) groups excluding carboxylic acids is 1. The van der Waals surface area contributed by atoms with Crippen molar-refractivity contribution in [2.24, 2.45) is 0 Å². The lowest BCUT2D eigenvalue weighted by Gasteiger charge is -2.11. The molecule has 0 aliphatic carbocycles. The second-order valence-electron chi connectivity index (χ2n) is 3.07. The van der Waals surface area contributed by atoms with Crippen LogP contribution in [0.25, 0.3) is 0 Å². The van der Waals surface area contributed by atoms with E-state index in [4.69, 9.17) is 9.47 Å². The van der Waals surface area contributed by atoms with E-state index in [-0.39, 0.29) is 5.78 Å². The van der Waals surface area contributed by atoms with E-state index < -0.39 is 6.29 Å². The molecular formula is C10H11NO3. The van der Waals surface area contributed by atoms with Crippen LogP contribution in [0.5, 0.6) is 0 Å². The topological polar surface area (TPSA) is 48.4 Å². The first-order valence-electron chi connectivity index (χ1n) is 4.48. The van der Waals surface area contributed by atoms with E-state index in [1.165, 1.54) is 6.92 Å². The highest BCUT2D eigenvalue weighted by atomic mass is 16.7. The number of nitrogens with zero attached hydrogens (tertiary/aromatic N) is 1. The first-order valence-corrected chi connectivity index (χ1v) is 4.48. The Bertz CT molecular complexity index is 345. The largest absolute Gasteiger partial charge is 0.346 e. The zero-order valence-corrected chi connectivity index (χ0v) is 7.90. The molecule has 0 N–H and O–H groups in total. The van der Waals surface area contributed by atoms with Gasteiger partial charge in [0, 0.05) is 18.7 Å². The second kappa shape index (κ2) is 3.86. The van der Waals surface area contributed by atoms with Crippen LogP contribution >= 0.6 is 0 Å². The Morgan fingerprint density at radius 3 is 2.86 bits per heavy atom. The molecule has 4 heteroatoms. The van der Waals surface area contributed by atoms with Crippen molar-refractivity contribution in [3.63, 3.8) is 0 Å². The number of carbonyl (C=O) groups is 1. The van der Waals surface area contributed by atoms with E-state index in [9.17, 15) is 4.79 Å². The van der Waals surface area contributed by atoms with E-state index >= 15 is 0 Å². The molecule has 0 bridgehead atoms. The summed E-state index contributed by atoms with van der Waals surface area (Å²) < 4.78 is 10.6. The van der Waals surface area contributed by atoms with Crippen LogP contribution in [0.4, 0.5) is 0 Å². The molecule has 1 aromatic rings. The van der Waals surface area contributed by atoms with E-state index in [0.717, 1.165) is 5.56 Å². The number of hydrogen-bond acceptors (Lipinski definition) is 4. The van der Waals surface area contributed by atoms with Crippen molar-refractivity contribution in [1.82, 2.24) is 4.98 Å². The fourth-order valence-electron chi connectivity index (χ4n) is 1.44. The molecule has 1 saturated heterocycles. The number of rotatable bonds is 2. The third-order valence-corrected chi connectivity index (χ3v) is 2.05. The molecule has 4 nitrogen and oxygen atoms in total. The number of Topliss-reactive ketones (excluding diaryl/α,β-unsaturated/α-hetero) is 1. The third kappa shape index (κ3) is 1.66. The monoisotopic (exact) mass is 193 g/mol. The molecule has 1 aliphatic rings. The van der Waals surface area contributed by atoms with Gasteiger partial charge in [-0.05, 0) is 6.07 Å². The minimum atomic E-state index is -0.428. The van der Waals surface area contributed by atoms with Gasteiger partial charge >= 0.3 is 0 Å². The Labute approximate surface area is 81.9 Å². The standard InChI is InChI=1S/C10H11NO3/c1-7(12)9-8(3-2-4-11-9)10-13-5-6-14-10/h2-4,10H,5-6H2,1H3. The molecule has 0 atom stereocenters. The SMILES string of the molecule is CC(=O)c1ncccc1C1OCCO1. The summed E-state index contributed by atoms with van der Waals surface area (Å²) in [5.41, 5.74) is 1.15. The molecule has 1 aliphatic heterocycles. The Hall–Kier alpha value is -1.26. The highest BCUT2D eigenvalue weighted by Gasteiger charge is 2.23. The van der Waals surface area contributed by atoms with Crippen LogP contribution < -0.4 is 0 Å². The van der Waals surface area contributed by atoms with Gasteiger partial charge in [-0.2, -0.15) is 0 Å². The molecule has 74 valence electrons. The van der Waals surface area contributed by atoms with E-state index in [1.807, 2.05) is 0 Å². The van der Waals surface area contributed by atoms with Gasteiger partial charge in [-0.25, -0.2) is 0 Å². The molecule has 1 fully saturated rings. The lowest BCUT2D eigenvalue weighted by molar-refractivity contribution is -0.0447. The lowest BCUT2D eigenvalue weighted by atomic mass is 10.1. The fraction of sp³-hybridized carbons (Fsp3) is 0.400. The summed E-state index contributed by atoms with van der Waals surface area (Å²) in [5, 5.41) is 0. The Morgan fingerprint density at radius 1 is 1.50 bits per heavy atom. The quantitative estimate of drug-likeness (QED) is 0.665. The predicted octanol–water partition coefficient (Wildman–Crippen LogP) is 1.33. The average Bonchev–Trinajstić information content (AvgIpc) is 2.70. The van der Waals surface area contributed by atoms with Crippen molar-refractivity contribution in [2.75, 3.05) is 13.2 Å². The van der Waals surface area contributed by atoms with Crippen LogP contribution in [0, 0.1) is 0 Å². The van der Waals surface area contributed by atoms with Crippen LogP contribution in [0.3, 0.4) is 0 Å². The van der Waals surface area contributed by atoms with E-state index in [2.05, 4.69) is 4.98 Å². The zero-order chi connectivity index (χ0) is 9.97. The van der Waals surface area contributed by atoms with Gasteiger partial charge in [0.05, 0.1) is 13.2 Å². The molecule has 2 heterocycles. The fourth-order valence-corrected chi connectivity index (χ4v) is 1.44. The lowest BCUT2D eigenvalue weighted by Crippen LogP contribution is -2.08. The third-order valence-electron chi connectivity index (χ3n) is 2.05. The van der Waals surface area contributed by atoms with Gasteiger partial charge in [0.1, 0.15) is 5.69 Å². The number of ether oxygens (including phenoxy) is 2. The van der Waals surface area contributed by atoms with E-state index in [1.54, 1.807) is 18.3 Å². The predicted molar refractivity (Wildman–Crippen MR) is 48.9 cm³/mol. The summed E-state index contributed by atoms with van der Waals surface area (Å²) in [5.74, 6) is -0.0697. The number of hydrogen-bond donors (Lipinski definition) is 0. The highest BCUT2D eigenvalue weighted by Crippen LogP contribution is 2.25. The van der Waals surface area contributed by atoms with Gasteiger partial charge in [0.2, 0.25) is 0 Å². The van der Waals surface area contributed by atoms with Gasteiger partial charge in [0.25, 0.3) is 0 Å². The molecule has 0 spiro atoms. The zero-order valence-electron chi connectivity index (χ0n) is 7.90. The number of ketones is 1. The molecule has 2 rings (SSSR count). The summed E-state index contributed by atoms with van der Waals surface area (Å²) in [6.07, 6.45) is 1.16. The minimum Gasteiger partial charge on any atom is -0.346 e. The number of pyridine rings is 1. The van der Waals surface area contributed by atoms with Gasteiger partial charge in [-0.3, -0.25) is 9.78 Å². The van der Waals surface area contributed by atoms with Crippen LogP contribution in [0.15, 0.2) is 18.3 Å². The maximum atomic E-state index is 11.2. The Morgan fingerprint density at radius 2 is 2.21 bits per heavy atom. The molecule has 0 saturated carbocycles. The summed E-state index contributed by atoms with van der Waals surface area (Å²) in [4.78, 5) is 15.3. The van der Waals surface area contributed by atoms with E-state index in [0.29, 0.717) is 18.9 Å². The Kier molecular flexibility index (Phi) is 2.56. The van der Waals surface area contributed by atoms with Crippen molar-refractivity contribution >= 4 is 5.78 Å². The maximum Gasteiger partial charge on any atom is 0.186 e. The second-order valence-corrected chi connectivity index (χ2v) is 3.07. The summed E-state index contributed by atoms with van der Waals surface area (Å²) in [6.45, 7) is 2.62. The summed E-state index contributed by atoms with van der Waals surface area (Å²) in [7, 11) is 0. The normalized spacial score (nSPS) is 17.2. The van der Waals surface area contributed by atoms with Crippen molar-refractivity contribution in [3.8, 4) is 0 Å². The van der Waals surface area contributed by atoms with Gasteiger partial charge in [-0.15, -0.1) is 0 Å². The van der Waals surface area contributed by atoms with Crippen LogP contribution in [0.1, 0.15) is 29.3 Å². The maximum absolute atomic E-state index is 11.2. The average molecular weight is 193 g/mol. The number of aromatic nitrogens is 1. The van der Waals surface area contributed by atoms with Crippen LogP contribution in [-0.4, -0.2) is 24.0 Å². The summed E-state index contributed by atoms with van der Waals surface area (Å²) >= 11 is 0. The molecule has 0 amide bonds. The highest BCUT2D eigenvalue weighted by molar-refractivity contribution is 5.93. The Balaban J connectivity index is 2.35. The van der Waals surface area contributed by atoms with Gasteiger partial charge in [-0.1, -0.05) is 6.07 Å². The van der Waals surface area contributed by atoms with Crippen molar-refractivity contribution in [3.05, 3.63) is 29.6 Å². The molecular weight excluding hydrogens is 182 g/mol. The molecule has 1 aromatic heterocycles. The van der Waals surface area contributed by atoms with Crippen molar-refractivity contribution in [2.45, 2.75) is 13.2 Å². The molecule has 0 radical (unpaired) electrons. The van der Waals surface area contributed by atoms with Crippen LogP contribution in [0.2, 0.25) is 0 Å². The van der Waals surface area contributed by atoms with Crippen molar-refractivity contribution < 1.29 is 14.3 Å². The van der Waals surface area contributed by atoms with Gasteiger partial charge < -0.3 is 9.47 Å².